The first kappa shape index (κ1) is 12.1. The van der Waals surface area contributed by atoms with Gasteiger partial charge in [-0.3, -0.25) is 0 Å². The SMILES string of the molecule is Cc1ccc(N(C)c2ccccc2F)c(C#N)c1. The molecule has 0 heterocycles. The lowest BCUT2D eigenvalue weighted by Crippen LogP contribution is -2.12. The van der Waals surface area contributed by atoms with E-state index in [1.54, 1.807) is 36.2 Å². The first-order valence-corrected chi connectivity index (χ1v) is 5.62. The van der Waals surface area contributed by atoms with Gasteiger partial charge in [-0.15, -0.1) is 0 Å². The Bertz CT molecular complexity index is 614. The number of anilines is 2. The molecule has 18 heavy (non-hydrogen) atoms. The number of para-hydroxylation sites is 1. The summed E-state index contributed by atoms with van der Waals surface area (Å²) in [5.74, 6) is -0.301. The summed E-state index contributed by atoms with van der Waals surface area (Å²) in [6.07, 6.45) is 0. The van der Waals surface area contributed by atoms with Gasteiger partial charge in [-0.1, -0.05) is 18.2 Å². The third kappa shape index (κ3) is 2.18. The topological polar surface area (TPSA) is 27.0 Å². The quantitative estimate of drug-likeness (QED) is 0.798. The third-order valence-corrected chi connectivity index (χ3v) is 2.85. The summed E-state index contributed by atoms with van der Waals surface area (Å²) in [7, 11) is 1.75. The van der Waals surface area contributed by atoms with E-state index >= 15 is 0 Å². The van der Waals surface area contributed by atoms with Crippen LogP contribution < -0.4 is 4.90 Å². The van der Waals surface area contributed by atoms with Gasteiger partial charge in [0, 0.05) is 7.05 Å². The highest BCUT2D eigenvalue weighted by Crippen LogP contribution is 2.29. The molecule has 0 saturated carbocycles. The molecule has 0 unspecified atom stereocenters. The van der Waals surface area contributed by atoms with Gasteiger partial charge in [-0.25, -0.2) is 4.39 Å². The van der Waals surface area contributed by atoms with Crippen molar-refractivity contribution in [2.75, 3.05) is 11.9 Å². The second-order valence-electron chi connectivity index (χ2n) is 4.14. The smallest absolute Gasteiger partial charge is 0.146 e. The molecule has 3 heteroatoms. The zero-order chi connectivity index (χ0) is 13.1. The van der Waals surface area contributed by atoms with Crippen molar-refractivity contribution in [2.24, 2.45) is 0 Å². The molecule has 0 spiro atoms. The van der Waals surface area contributed by atoms with E-state index in [1.807, 2.05) is 19.1 Å². The van der Waals surface area contributed by atoms with Gasteiger partial charge in [0.25, 0.3) is 0 Å². The second kappa shape index (κ2) is 4.89. The lowest BCUT2D eigenvalue weighted by atomic mass is 10.1. The molecule has 0 aliphatic heterocycles. The third-order valence-electron chi connectivity index (χ3n) is 2.85. The Morgan fingerprint density at radius 3 is 2.50 bits per heavy atom. The molecular weight excluding hydrogens is 227 g/mol. The fourth-order valence-electron chi connectivity index (χ4n) is 1.89. The Hall–Kier alpha value is -2.34. The summed E-state index contributed by atoms with van der Waals surface area (Å²) in [5.41, 5.74) is 2.71. The average Bonchev–Trinajstić information content (AvgIpc) is 2.38. The van der Waals surface area contributed by atoms with Crippen molar-refractivity contribution in [3.8, 4) is 6.07 Å². The monoisotopic (exact) mass is 240 g/mol. The highest BCUT2D eigenvalue weighted by molar-refractivity contribution is 5.69. The number of nitriles is 1. The zero-order valence-electron chi connectivity index (χ0n) is 10.3. The number of halogens is 1. The van der Waals surface area contributed by atoms with Crippen molar-refractivity contribution in [1.29, 1.82) is 5.26 Å². The van der Waals surface area contributed by atoms with E-state index < -0.39 is 0 Å². The van der Waals surface area contributed by atoms with E-state index in [-0.39, 0.29) is 5.82 Å². The summed E-state index contributed by atoms with van der Waals surface area (Å²) in [5, 5.41) is 9.14. The predicted octanol–water partition coefficient (Wildman–Crippen LogP) is 3.77. The van der Waals surface area contributed by atoms with Crippen molar-refractivity contribution in [1.82, 2.24) is 0 Å². The van der Waals surface area contributed by atoms with Gasteiger partial charge in [0.15, 0.2) is 0 Å². The van der Waals surface area contributed by atoms with Crippen molar-refractivity contribution < 1.29 is 4.39 Å². The molecule has 0 bridgehead atoms. The van der Waals surface area contributed by atoms with Gasteiger partial charge in [0.05, 0.1) is 16.9 Å². The molecule has 2 aromatic carbocycles. The Morgan fingerprint density at radius 2 is 1.83 bits per heavy atom. The van der Waals surface area contributed by atoms with Crippen molar-refractivity contribution in [2.45, 2.75) is 6.92 Å². The number of hydrogen-bond acceptors (Lipinski definition) is 2. The number of hydrogen-bond donors (Lipinski definition) is 0. The normalized spacial score (nSPS) is 9.89. The molecule has 0 aliphatic carbocycles. The molecule has 0 fully saturated rings. The Morgan fingerprint density at radius 1 is 1.11 bits per heavy atom. The molecule has 0 N–H and O–H groups in total. The Labute approximate surface area is 106 Å². The summed E-state index contributed by atoms with van der Waals surface area (Å²) in [4.78, 5) is 1.69. The van der Waals surface area contributed by atoms with Crippen LogP contribution in [0, 0.1) is 24.1 Å². The summed E-state index contributed by atoms with van der Waals surface area (Å²) in [6.45, 7) is 1.92. The molecule has 0 amide bonds. The summed E-state index contributed by atoms with van der Waals surface area (Å²) < 4.78 is 13.7. The highest BCUT2D eigenvalue weighted by Gasteiger charge is 2.12. The standard InChI is InChI=1S/C15H13FN2/c1-11-7-8-14(12(9-11)10-17)18(2)15-6-4-3-5-13(15)16/h3-9H,1-2H3. The summed E-state index contributed by atoms with van der Waals surface area (Å²) in [6, 6.07) is 14.2. The van der Waals surface area contributed by atoms with E-state index in [1.165, 1.54) is 6.07 Å². The van der Waals surface area contributed by atoms with Gasteiger partial charge < -0.3 is 4.90 Å². The van der Waals surface area contributed by atoms with E-state index in [9.17, 15) is 4.39 Å². The maximum absolute atomic E-state index is 13.7. The molecule has 0 saturated heterocycles. The molecule has 2 nitrogen and oxygen atoms in total. The van der Waals surface area contributed by atoms with Crippen molar-refractivity contribution in [3.05, 3.63) is 59.4 Å². The number of nitrogens with zero attached hydrogens (tertiary/aromatic N) is 2. The fourth-order valence-corrected chi connectivity index (χ4v) is 1.89. The lowest BCUT2D eigenvalue weighted by Gasteiger charge is -2.21. The lowest BCUT2D eigenvalue weighted by molar-refractivity contribution is 0.627. The largest absolute Gasteiger partial charge is 0.341 e. The van der Waals surface area contributed by atoms with Crippen LogP contribution >= 0.6 is 0 Å². The maximum Gasteiger partial charge on any atom is 0.146 e. The minimum absolute atomic E-state index is 0.301. The van der Waals surface area contributed by atoms with Gasteiger partial charge in [0.2, 0.25) is 0 Å². The van der Waals surface area contributed by atoms with E-state index in [0.29, 0.717) is 16.9 Å². The van der Waals surface area contributed by atoms with Crippen molar-refractivity contribution >= 4 is 11.4 Å². The zero-order valence-corrected chi connectivity index (χ0v) is 10.3. The first-order valence-electron chi connectivity index (χ1n) is 5.62. The van der Waals surface area contributed by atoms with Crippen LogP contribution in [0.2, 0.25) is 0 Å². The summed E-state index contributed by atoms with van der Waals surface area (Å²) >= 11 is 0. The average molecular weight is 240 g/mol. The van der Waals surface area contributed by atoms with Crippen LogP contribution in [0.25, 0.3) is 0 Å². The van der Waals surface area contributed by atoms with E-state index in [0.717, 1.165) is 5.56 Å². The maximum atomic E-state index is 13.7. The van der Waals surface area contributed by atoms with Crippen molar-refractivity contribution in [3.63, 3.8) is 0 Å². The number of benzene rings is 2. The first-order chi connectivity index (χ1) is 8.63. The van der Waals surface area contributed by atoms with Crippen LogP contribution in [-0.2, 0) is 0 Å². The van der Waals surface area contributed by atoms with Crippen LogP contribution in [0.1, 0.15) is 11.1 Å². The van der Waals surface area contributed by atoms with Gasteiger partial charge in [0.1, 0.15) is 11.9 Å². The van der Waals surface area contributed by atoms with Crippen LogP contribution in [0.4, 0.5) is 15.8 Å². The van der Waals surface area contributed by atoms with Crippen LogP contribution in [-0.4, -0.2) is 7.05 Å². The number of aryl methyl sites for hydroxylation is 1. The minimum Gasteiger partial charge on any atom is -0.341 e. The molecule has 0 aromatic heterocycles. The van der Waals surface area contributed by atoms with Gasteiger partial charge in [-0.2, -0.15) is 5.26 Å². The fraction of sp³-hybridized carbons (Fsp3) is 0.133. The van der Waals surface area contributed by atoms with Gasteiger partial charge in [-0.05, 0) is 36.8 Å². The highest BCUT2D eigenvalue weighted by atomic mass is 19.1. The van der Waals surface area contributed by atoms with Crippen LogP contribution in [0.15, 0.2) is 42.5 Å². The van der Waals surface area contributed by atoms with Crippen LogP contribution in [0.5, 0.6) is 0 Å². The Kier molecular flexibility index (Phi) is 3.29. The molecule has 2 rings (SSSR count). The second-order valence-corrected chi connectivity index (χ2v) is 4.14. The molecule has 0 atom stereocenters. The molecule has 90 valence electrons. The minimum atomic E-state index is -0.301. The van der Waals surface area contributed by atoms with Gasteiger partial charge >= 0.3 is 0 Å². The number of rotatable bonds is 2. The molecule has 0 aliphatic rings. The van der Waals surface area contributed by atoms with E-state index in [4.69, 9.17) is 5.26 Å². The molecule has 2 aromatic rings. The van der Waals surface area contributed by atoms with E-state index in [2.05, 4.69) is 6.07 Å². The predicted molar refractivity (Wildman–Crippen MR) is 70.4 cm³/mol. The molecular formula is C15H13FN2. The molecule has 0 radical (unpaired) electrons. The Balaban J connectivity index is 2.50. The van der Waals surface area contributed by atoms with Crippen LogP contribution in [0.3, 0.4) is 0 Å².